The van der Waals surface area contributed by atoms with Crippen LogP contribution >= 0.6 is 0 Å². The van der Waals surface area contributed by atoms with Gasteiger partial charge in [0.1, 0.15) is 0 Å². The van der Waals surface area contributed by atoms with Gasteiger partial charge in [0.05, 0.1) is 12.2 Å². The molecule has 0 unspecified atom stereocenters. The van der Waals surface area contributed by atoms with Crippen molar-refractivity contribution in [3.05, 3.63) is 53.3 Å². The van der Waals surface area contributed by atoms with Crippen LogP contribution in [0.1, 0.15) is 21.7 Å². The Morgan fingerprint density at radius 3 is 2.38 bits per heavy atom. The molecule has 0 radical (unpaired) electrons. The van der Waals surface area contributed by atoms with E-state index >= 15 is 0 Å². The molecule has 3 rings (SSSR count). The molecule has 24 heavy (non-hydrogen) atoms. The maximum atomic E-state index is 12.9. The minimum Gasteiger partial charge on any atom is -0.395 e. The lowest BCUT2D eigenvalue weighted by atomic mass is 10.2. The van der Waals surface area contributed by atoms with Crippen LogP contribution in [0.25, 0.3) is 5.69 Å². The van der Waals surface area contributed by atoms with Crippen LogP contribution in [0.3, 0.4) is 0 Å². The zero-order valence-electron chi connectivity index (χ0n) is 14.4. The van der Waals surface area contributed by atoms with Crippen molar-refractivity contribution >= 4 is 5.91 Å². The highest BCUT2D eigenvalue weighted by Crippen LogP contribution is 2.22. The predicted molar refractivity (Wildman–Crippen MR) is 94.7 cm³/mol. The minimum absolute atomic E-state index is 0.105. The molecule has 0 spiro atoms. The highest BCUT2D eigenvalue weighted by atomic mass is 16.3. The molecule has 1 aromatic heterocycles. The summed E-state index contributed by atoms with van der Waals surface area (Å²) in [7, 11) is 0. The van der Waals surface area contributed by atoms with Gasteiger partial charge in [0.2, 0.25) is 0 Å². The molecular weight excluding hydrogens is 302 g/mol. The van der Waals surface area contributed by atoms with Crippen molar-refractivity contribution in [3.63, 3.8) is 0 Å². The van der Waals surface area contributed by atoms with E-state index in [1.807, 2.05) is 43.0 Å². The monoisotopic (exact) mass is 327 g/mol. The highest BCUT2D eigenvalue weighted by molar-refractivity contribution is 5.96. The van der Waals surface area contributed by atoms with Crippen molar-refractivity contribution in [1.82, 2.24) is 14.4 Å². The van der Waals surface area contributed by atoms with E-state index in [0.717, 1.165) is 35.7 Å². The number of β-amino-alcohol motifs (C(OH)–C–C–N with tert-alkyl or cyclic N) is 1. The zero-order chi connectivity index (χ0) is 17.1. The van der Waals surface area contributed by atoms with Gasteiger partial charge < -0.3 is 14.6 Å². The number of hydrogen-bond donors (Lipinski definition) is 1. The predicted octanol–water partition coefficient (Wildman–Crippen LogP) is 1.84. The Labute approximate surface area is 143 Å². The molecule has 1 aliphatic heterocycles. The van der Waals surface area contributed by atoms with E-state index in [4.69, 9.17) is 5.11 Å². The van der Waals surface area contributed by atoms with Crippen molar-refractivity contribution in [1.29, 1.82) is 0 Å². The summed E-state index contributed by atoms with van der Waals surface area (Å²) in [5.41, 5.74) is 3.92. The number of benzene rings is 1. The molecule has 0 bridgehead atoms. The zero-order valence-corrected chi connectivity index (χ0v) is 14.4. The first-order chi connectivity index (χ1) is 11.6. The van der Waals surface area contributed by atoms with Crippen LogP contribution < -0.4 is 0 Å². The molecule has 1 amide bonds. The van der Waals surface area contributed by atoms with Gasteiger partial charge in [-0.3, -0.25) is 9.69 Å². The second-order valence-corrected chi connectivity index (χ2v) is 6.31. The maximum absolute atomic E-state index is 12.9. The summed E-state index contributed by atoms with van der Waals surface area (Å²) in [6, 6.07) is 12.1. The van der Waals surface area contributed by atoms with Crippen LogP contribution in [0.5, 0.6) is 0 Å². The van der Waals surface area contributed by atoms with E-state index in [1.165, 1.54) is 0 Å². The summed E-state index contributed by atoms with van der Waals surface area (Å²) >= 11 is 0. The Kier molecular flexibility index (Phi) is 5.02. The number of para-hydroxylation sites is 1. The molecule has 1 fully saturated rings. The first-order valence-electron chi connectivity index (χ1n) is 8.48. The Morgan fingerprint density at radius 1 is 1.08 bits per heavy atom. The van der Waals surface area contributed by atoms with E-state index in [9.17, 15) is 4.79 Å². The number of aliphatic hydroxyl groups excluding tert-OH is 1. The quantitative estimate of drug-likeness (QED) is 0.932. The molecule has 1 aliphatic rings. The van der Waals surface area contributed by atoms with E-state index in [0.29, 0.717) is 19.6 Å². The van der Waals surface area contributed by atoms with Crippen molar-refractivity contribution < 1.29 is 9.90 Å². The van der Waals surface area contributed by atoms with Gasteiger partial charge in [0.25, 0.3) is 5.91 Å². The summed E-state index contributed by atoms with van der Waals surface area (Å²) in [6.45, 7) is 7.98. The first kappa shape index (κ1) is 16.7. The number of hydrogen-bond acceptors (Lipinski definition) is 3. The third-order valence-electron chi connectivity index (χ3n) is 4.75. The summed E-state index contributed by atoms with van der Waals surface area (Å²) < 4.78 is 2.13. The lowest BCUT2D eigenvalue weighted by molar-refractivity contribution is 0.0614. The van der Waals surface area contributed by atoms with Crippen LogP contribution in [0, 0.1) is 13.8 Å². The number of aliphatic hydroxyl groups is 1. The smallest absolute Gasteiger partial charge is 0.255 e. The Morgan fingerprint density at radius 2 is 1.75 bits per heavy atom. The Balaban J connectivity index is 1.80. The number of carbonyl (C=O) groups is 1. The van der Waals surface area contributed by atoms with Gasteiger partial charge in [0, 0.05) is 49.8 Å². The molecule has 5 nitrogen and oxygen atoms in total. The van der Waals surface area contributed by atoms with Crippen LogP contribution in [-0.2, 0) is 0 Å². The average molecular weight is 327 g/mol. The number of piperazine rings is 1. The fraction of sp³-hybridized carbons (Fsp3) is 0.421. The summed E-state index contributed by atoms with van der Waals surface area (Å²) in [6.07, 6.45) is 0. The fourth-order valence-corrected chi connectivity index (χ4v) is 3.44. The van der Waals surface area contributed by atoms with E-state index in [-0.39, 0.29) is 12.5 Å². The highest BCUT2D eigenvalue weighted by Gasteiger charge is 2.25. The number of aromatic nitrogens is 1. The molecule has 5 heteroatoms. The molecular formula is C19H25N3O2. The van der Waals surface area contributed by atoms with Gasteiger partial charge in [-0.05, 0) is 32.0 Å². The Hall–Kier alpha value is -2.11. The molecule has 2 heterocycles. The summed E-state index contributed by atoms with van der Waals surface area (Å²) in [4.78, 5) is 17.0. The standard InChI is InChI=1S/C19H25N3O2/c1-15-14-18(16(2)22(15)17-6-4-3-5-7-17)19(24)21-10-8-20(9-11-21)12-13-23/h3-7,14,23H,8-13H2,1-2H3. The molecule has 1 aromatic carbocycles. The lowest BCUT2D eigenvalue weighted by Crippen LogP contribution is -2.49. The van der Waals surface area contributed by atoms with Crippen molar-refractivity contribution in [3.8, 4) is 5.69 Å². The number of aryl methyl sites for hydroxylation is 1. The van der Waals surface area contributed by atoms with E-state index in [2.05, 4.69) is 21.6 Å². The van der Waals surface area contributed by atoms with Gasteiger partial charge >= 0.3 is 0 Å². The molecule has 0 saturated carbocycles. The molecule has 1 saturated heterocycles. The van der Waals surface area contributed by atoms with Gasteiger partial charge in [0.15, 0.2) is 0 Å². The second kappa shape index (κ2) is 7.20. The first-order valence-corrected chi connectivity index (χ1v) is 8.48. The van der Waals surface area contributed by atoms with Gasteiger partial charge in [-0.2, -0.15) is 0 Å². The number of carbonyl (C=O) groups excluding carboxylic acids is 1. The second-order valence-electron chi connectivity index (χ2n) is 6.31. The van der Waals surface area contributed by atoms with E-state index < -0.39 is 0 Å². The minimum atomic E-state index is 0.105. The molecule has 0 atom stereocenters. The van der Waals surface area contributed by atoms with Crippen molar-refractivity contribution in [2.24, 2.45) is 0 Å². The van der Waals surface area contributed by atoms with Crippen molar-refractivity contribution in [2.45, 2.75) is 13.8 Å². The van der Waals surface area contributed by atoms with Crippen molar-refractivity contribution in [2.75, 3.05) is 39.3 Å². The van der Waals surface area contributed by atoms with E-state index in [1.54, 1.807) is 0 Å². The molecule has 0 aliphatic carbocycles. The third-order valence-corrected chi connectivity index (χ3v) is 4.75. The normalized spacial score (nSPS) is 15.7. The maximum Gasteiger partial charge on any atom is 0.255 e. The number of rotatable bonds is 4. The SMILES string of the molecule is Cc1cc(C(=O)N2CCN(CCO)CC2)c(C)n1-c1ccccc1. The fourth-order valence-electron chi connectivity index (χ4n) is 3.44. The third kappa shape index (κ3) is 3.23. The van der Waals surface area contributed by atoms with Gasteiger partial charge in [-0.25, -0.2) is 0 Å². The molecule has 2 aromatic rings. The van der Waals surface area contributed by atoms with Crippen LogP contribution in [0.4, 0.5) is 0 Å². The number of nitrogens with zero attached hydrogens (tertiary/aromatic N) is 3. The molecule has 1 N–H and O–H groups in total. The van der Waals surface area contributed by atoms with Crippen LogP contribution in [0.15, 0.2) is 36.4 Å². The van der Waals surface area contributed by atoms with Gasteiger partial charge in [-0.15, -0.1) is 0 Å². The topological polar surface area (TPSA) is 48.7 Å². The summed E-state index contributed by atoms with van der Waals surface area (Å²) in [5, 5.41) is 9.02. The number of amides is 1. The molecule has 128 valence electrons. The van der Waals surface area contributed by atoms with Gasteiger partial charge in [-0.1, -0.05) is 18.2 Å². The van der Waals surface area contributed by atoms with Crippen LogP contribution in [-0.4, -0.2) is 64.7 Å². The Bertz CT molecular complexity index is 701. The largest absolute Gasteiger partial charge is 0.395 e. The van der Waals surface area contributed by atoms with Crippen LogP contribution in [0.2, 0.25) is 0 Å². The summed E-state index contributed by atoms with van der Waals surface area (Å²) in [5.74, 6) is 0.105. The average Bonchev–Trinajstić information content (AvgIpc) is 2.90. The lowest BCUT2D eigenvalue weighted by Gasteiger charge is -2.34.